The first kappa shape index (κ1) is 22.7. The van der Waals surface area contributed by atoms with Gasteiger partial charge in [-0.25, -0.2) is 19.2 Å². The molecule has 31 heavy (non-hydrogen) atoms. The number of carbonyl (C=O) groups is 4. The van der Waals surface area contributed by atoms with Crippen LogP contribution in [-0.2, 0) is 19.2 Å². The summed E-state index contributed by atoms with van der Waals surface area (Å²) in [6.07, 6.45) is 2.03. The Morgan fingerprint density at radius 1 is 0.581 bits per heavy atom. The Labute approximate surface area is 174 Å². The van der Waals surface area contributed by atoms with Gasteiger partial charge in [0.1, 0.15) is 22.6 Å². The first-order valence-electron chi connectivity index (χ1n) is 8.49. The van der Waals surface area contributed by atoms with Gasteiger partial charge in [0, 0.05) is 0 Å². The van der Waals surface area contributed by atoms with Gasteiger partial charge in [0.15, 0.2) is 0 Å². The van der Waals surface area contributed by atoms with Crippen molar-refractivity contribution in [2.24, 2.45) is 0 Å². The highest BCUT2D eigenvalue weighted by Crippen LogP contribution is 2.17. The number of aliphatic carboxylic acids is 4. The van der Waals surface area contributed by atoms with E-state index >= 15 is 0 Å². The van der Waals surface area contributed by atoms with E-state index in [1.165, 1.54) is 48.5 Å². The van der Waals surface area contributed by atoms with E-state index in [1.54, 1.807) is 0 Å². The highest BCUT2D eigenvalue weighted by Gasteiger charge is 2.16. The van der Waals surface area contributed by atoms with Crippen molar-refractivity contribution < 1.29 is 49.1 Å². The van der Waals surface area contributed by atoms with Gasteiger partial charge in [-0.3, -0.25) is 0 Å². The Morgan fingerprint density at radius 2 is 0.871 bits per heavy atom. The molecule has 4 N–H and O–H groups in total. The maximum atomic E-state index is 10.9. The molecule has 0 fully saturated rings. The molecule has 10 heteroatoms. The Balaban J connectivity index is 1.95. The zero-order valence-corrected chi connectivity index (χ0v) is 15.7. The third-order valence-electron chi connectivity index (χ3n) is 3.76. The van der Waals surface area contributed by atoms with Crippen LogP contribution >= 0.6 is 0 Å². The summed E-state index contributed by atoms with van der Waals surface area (Å²) in [7, 11) is 0. The van der Waals surface area contributed by atoms with Crippen molar-refractivity contribution in [2.75, 3.05) is 6.79 Å². The standard InChI is InChI=1S/C21H16O10/c22-18(23)16(19(24)25)9-12-1-5-14(6-2-12)30-11-31-15-7-3-13(4-8-15)10-17(20(26)27)21(28)29/h1-10H,11H2,(H,22,23)(H,24,25)(H,26,27)(H,28,29). The van der Waals surface area contributed by atoms with E-state index in [0.717, 1.165) is 12.2 Å². The van der Waals surface area contributed by atoms with Crippen LogP contribution < -0.4 is 9.47 Å². The fourth-order valence-electron chi connectivity index (χ4n) is 2.25. The summed E-state index contributed by atoms with van der Waals surface area (Å²) in [5.74, 6) is -5.43. The second kappa shape index (κ2) is 10.3. The molecular weight excluding hydrogens is 412 g/mol. The number of ether oxygens (including phenoxy) is 2. The molecule has 0 aliphatic heterocycles. The summed E-state index contributed by atoms with van der Waals surface area (Å²) in [5.41, 5.74) is -0.819. The molecule has 160 valence electrons. The Kier molecular flexibility index (Phi) is 7.51. The zero-order chi connectivity index (χ0) is 23.0. The lowest BCUT2D eigenvalue weighted by molar-refractivity contribution is -0.142. The Morgan fingerprint density at radius 3 is 1.13 bits per heavy atom. The molecule has 0 spiro atoms. The molecule has 2 aromatic rings. The number of hydrogen-bond acceptors (Lipinski definition) is 6. The molecule has 10 nitrogen and oxygen atoms in total. The van der Waals surface area contributed by atoms with Crippen LogP contribution in [0.3, 0.4) is 0 Å². The van der Waals surface area contributed by atoms with Crippen molar-refractivity contribution in [3.8, 4) is 11.5 Å². The molecule has 0 aromatic heterocycles. The first-order valence-corrected chi connectivity index (χ1v) is 8.49. The summed E-state index contributed by atoms with van der Waals surface area (Å²) in [6, 6.07) is 11.9. The highest BCUT2D eigenvalue weighted by molar-refractivity contribution is 6.16. The summed E-state index contributed by atoms with van der Waals surface area (Å²) in [4.78, 5) is 43.5. The van der Waals surface area contributed by atoms with E-state index in [4.69, 9.17) is 29.9 Å². The van der Waals surface area contributed by atoms with Gasteiger partial charge in [-0.05, 0) is 47.5 Å². The molecule has 2 rings (SSSR count). The number of benzene rings is 2. The topological polar surface area (TPSA) is 168 Å². The van der Waals surface area contributed by atoms with Gasteiger partial charge in [0.25, 0.3) is 0 Å². The number of hydrogen-bond donors (Lipinski definition) is 4. The van der Waals surface area contributed by atoms with Crippen molar-refractivity contribution in [1.82, 2.24) is 0 Å². The van der Waals surface area contributed by atoms with Crippen molar-refractivity contribution in [2.45, 2.75) is 0 Å². The number of carboxylic acids is 4. The lowest BCUT2D eigenvalue weighted by Gasteiger charge is -2.09. The largest absolute Gasteiger partial charge is 0.477 e. The van der Waals surface area contributed by atoms with E-state index in [-0.39, 0.29) is 6.79 Å². The van der Waals surface area contributed by atoms with Crippen LogP contribution in [0.1, 0.15) is 11.1 Å². The van der Waals surface area contributed by atoms with Crippen LogP contribution in [0, 0.1) is 0 Å². The van der Waals surface area contributed by atoms with Gasteiger partial charge in [0.05, 0.1) is 0 Å². The molecule has 0 atom stereocenters. The number of carboxylic acid groups (broad SMARTS) is 4. The van der Waals surface area contributed by atoms with Gasteiger partial charge in [-0.15, -0.1) is 0 Å². The van der Waals surface area contributed by atoms with Crippen LogP contribution in [0.25, 0.3) is 12.2 Å². The average molecular weight is 428 g/mol. The van der Waals surface area contributed by atoms with Crippen molar-refractivity contribution in [3.63, 3.8) is 0 Å². The monoisotopic (exact) mass is 428 g/mol. The SMILES string of the molecule is O=C(O)C(=Cc1ccc(OCOc2ccc(C=C(C(=O)O)C(=O)O)cc2)cc1)C(=O)O. The smallest absolute Gasteiger partial charge is 0.343 e. The third kappa shape index (κ3) is 6.75. The normalized spacial score (nSPS) is 9.81. The minimum atomic E-state index is -1.55. The van der Waals surface area contributed by atoms with Crippen LogP contribution in [0.15, 0.2) is 59.7 Å². The average Bonchev–Trinajstić information content (AvgIpc) is 2.71. The molecule has 0 amide bonds. The van der Waals surface area contributed by atoms with Gasteiger partial charge in [-0.1, -0.05) is 24.3 Å². The molecule has 2 aromatic carbocycles. The predicted octanol–water partition coefficient (Wildman–Crippen LogP) is 2.21. The number of rotatable bonds is 10. The molecule has 0 saturated carbocycles. The summed E-state index contributed by atoms with van der Waals surface area (Å²) < 4.78 is 10.8. The van der Waals surface area contributed by atoms with Crippen LogP contribution in [-0.4, -0.2) is 51.1 Å². The highest BCUT2D eigenvalue weighted by atomic mass is 16.7. The van der Waals surface area contributed by atoms with Crippen LogP contribution in [0.4, 0.5) is 0 Å². The Bertz CT molecular complexity index is 929. The quantitative estimate of drug-likeness (QED) is 0.190. The van der Waals surface area contributed by atoms with Crippen molar-refractivity contribution >= 4 is 36.0 Å². The third-order valence-corrected chi connectivity index (χ3v) is 3.76. The fraction of sp³-hybridized carbons (Fsp3) is 0.0476. The summed E-state index contributed by atoms with van der Waals surface area (Å²) in [6.45, 7) is -0.185. The zero-order valence-electron chi connectivity index (χ0n) is 15.7. The minimum Gasteiger partial charge on any atom is -0.477 e. The maximum Gasteiger partial charge on any atom is 0.343 e. The Hall–Kier alpha value is -4.60. The predicted molar refractivity (Wildman–Crippen MR) is 106 cm³/mol. The molecule has 0 bridgehead atoms. The summed E-state index contributed by atoms with van der Waals surface area (Å²) in [5, 5.41) is 35.4. The molecule has 0 heterocycles. The van der Waals surface area contributed by atoms with E-state index in [9.17, 15) is 19.2 Å². The van der Waals surface area contributed by atoms with E-state index in [0.29, 0.717) is 22.6 Å². The van der Waals surface area contributed by atoms with Gasteiger partial charge in [-0.2, -0.15) is 0 Å². The molecule has 0 aliphatic rings. The first-order chi connectivity index (χ1) is 14.7. The fourth-order valence-corrected chi connectivity index (χ4v) is 2.25. The van der Waals surface area contributed by atoms with Crippen LogP contribution in [0.2, 0.25) is 0 Å². The molecule has 0 aliphatic carbocycles. The molecular formula is C21H16O10. The maximum absolute atomic E-state index is 10.9. The van der Waals surface area contributed by atoms with E-state index in [1.807, 2.05) is 0 Å². The van der Waals surface area contributed by atoms with Crippen molar-refractivity contribution in [3.05, 3.63) is 70.8 Å². The van der Waals surface area contributed by atoms with Crippen molar-refractivity contribution in [1.29, 1.82) is 0 Å². The lowest BCUT2D eigenvalue weighted by Crippen LogP contribution is -2.10. The van der Waals surface area contributed by atoms with E-state index in [2.05, 4.69) is 0 Å². The minimum absolute atomic E-state index is 0.185. The second-order valence-electron chi connectivity index (χ2n) is 5.88. The lowest BCUT2D eigenvalue weighted by atomic mass is 10.1. The second-order valence-corrected chi connectivity index (χ2v) is 5.88. The molecule has 0 radical (unpaired) electrons. The summed E-state index contributed by atoms with van der Waals surface area (Å²) >= 11 is 0. The van der Waals surface area contributed by atoms with Gasteiger partial charge in [0.2, 0.25) is 6.79 Å². The van der Waals surface area contributed by atoms with Crippen LogP contribution in [0.5, 0.6) is 11.5 Å². The molecule has 0 unspecified atom stereocenters. The molecule has 0 saturated heterocycles. The van der Waals surface area contributed by atoms with E-state index < -0.39 is 35.0 Å². The van der Waals surface area contributed by atoms with Gasteiger partial charge < -0.3 is 29.9 Å². The van der Waals surface area contributed by atoms with Gasteiger partial charge >= 0.3 is 23.9 Å².